The van der Waals surface area contributed by atoms with Gasteiger partial charge in [-0.3, -0.25) is 4.79 Å². The largest absolute Gasteiger partial charge is 0.366 e. The molecule has 0 bridgehead atoms. The lowest BCUT2D eigenvalue weighted by atomic mass is 10.1. The minimum absolute atomic E-state index is 0.157. The Labute approximate surface area is 116 Å². The van der Waals surface area contributed by atoms with E-state index in [1.54, 1.807) is 14.0 Å². The van der Waals surface area contributed by atoms with Gasteiger partial charge < -0.3 is 15.0 Å². The summed E-state index contributed by atoms with van der Waals surface area (Å²) in [6.07, 6.45) is -0.576. The number of carbonyl (C=O) groups excluding carboxylic acids is 1. The Morgan fingerprint density at radius 1 is 1.50 bits per heavy atom. The van der Waals surface area contributed by atoms with Crippen LogP contribution in [-0.2, 0) is 9.53 Å². The van der Waals surface area contributed by atoms with Gasteiger partial charge in [0.2, 0.25) is 0 Å². The molecule has 0 radical (unpaired) electrons. The number of nitrogens with one attached hydrogen (secondary N) is 1. The van der Waals surface area contributed by atoms with Crippen LogP contribution in [0.15, 0.2) is 18.2 Å². The maximum atomic E-state index is 13.7. The third-order valence-corrected chi connectivity index (χ3v) is 3.54. The van der Waals surface area contributed by atoms with Crippen LogP contribution in [-0.4, -0.2) is 43.7 Å². The summed E-state index contributed by atoms with van der Waals surface area (Å²) in [4.78, 5) is 13.6. The first-order valence-electron chi connectivity index (χ1n) is 6.54. The van der Waals surface area contributed by atoms with Gasteiger partial charge in [-0.2, -0.15) is 0 Å². The van der Waals surface area contributed by atoms with Crippen molar-refractivity contribution in [1.82, 2.24) is 10.2 Å². The molecule has 2 rings (SSSR count). The zero-order chi connectivity index (χ0) is 14.7. The van der Waals surface area contributed by atoms with Gasteiger partial charge in [-0.15, -0.1) is 0 Å². The Kier molecular flexibility index (Phi) is 4.67. The van der Waals surface area contributed by atoms with Crippen molar-refractivity contribution in [3.05, 3.63) is 35.4 Å². The molecule has 2 atom stereocenters. The summed E-state index contributed by atoms with van der Waals surface area (Å²) in [6, 6.07) is 2.67. The highest BCUT2D eigenvalue weighted by atomic mass is 19.1. The molecule has 1 aliphatic heterocycles. The number of rotatable bonds is 3. The number of likely N-dealkylation sites (N-methyl/N-ethyl adjacent to an activating group) is 1. The first kappa shape index (κ1) is 14.9. The van der Waals surface area contributed by atoms with Gasteiger partial charge in [0.1, 0.15) is 17.7 Å². The van der Waals surface area contributed by atoms with Gasteiger partial charge in [-0.1, -0.05) is 0 Å². The van der Waals surface area contributed by atoms with E-state index in [2.05, 4.69) is 5.32 Å². The van der Waals surface area contributed by atoms with E-state index in [9.17, 15) is 13.6 Å². The van der Waals surface area contributed by atoms with Crippen LogP contribution < -0.4 is 5.32 Å². The fourth-order valence-electron chi connectivity index (χ4n) is 2.19. The number of nitrogens with zero attached hydrogens (tertiary/aromatic N) is 1. The minimum Gasteiger partial charge on any atom is -0.366 e. The Hall–Kier alpha value is -1.53. The maximum absolute atomic E-state index is 13.7. The highest BCUT2D eigenvalue weighted by molar-refractivity contribution is 5.81. The van der Waals surface area contributed by atoms with Crippen LogP contribution in [0, 0.1) is 11.6 Å². The summed E-state index contributed by atoms with van der Waals surface area (Å²) in [5.74, 6) is -1.29. The maximum Gasteiger partial charge on any atom is 0.253 e. The third-order valence-electron chi connectivity index (χ3n) is 3.54. The molecule has 1 saturated heterocycles. The fourth-order valence-corrected chi connectivity index (χ4v) is 2.19. The van der Waals surface area contributed by atoms with Crippen LogP contribution in [0.4, 0.5) is 8.78 Å². The van der Waals surface area contributed by atoms with E-state index >= 15 is 0 Å². The van der Waals surface area contributed by atoms with Gasteiger partial charge in [-0.25, -0.2) is 8.78 Å². The Morgan fingerprint density at radius 2 is 2.25 bits per heavy atom. The number of hydrogen-bond acceptors (Lipinski definition) is 3. The van der Waals surface area contributed by atoms with E-state index in [0.29, 0.717) is 19.7 Å². The topological polar surface area (TPSA) is 41.6 Å². The molecule has 20 heavy (non-hydrogen) atoms. The van der Waals surface area contributed by atoms with E-state index in [4.69, 9.17) is 4.74 Å². The summed E-state index contributed by atoms with van der Waals surface area (Å²) in [5.41, 5.74) is 0.157. The zero-order valence-corrected chi connectivity index (χ0v) is 11.5. The van der Waals surface area contributed by atoms with E-state index < -0.39 is 23.8 Å². The second kappa shape index (κ2) is 6.28. The van der Waals surface area contributed by atoms with E-state index in [1.165, 1.54) is 4.90 Å². The van der Waals surface area contributed by atoms with Crippen LogP contribution in [0.3, 0.4) is 0 Å². The van der Waals surface area contributed by atoms with Gasteiger partial charge in [0.15, 0.2) is 0 Å². The van der Waals surface area contributed by atoms with Crippen molar-refractivity contribution in [2.75, 3.05) is 26.7 Å². The summed E-state index contributed by atoms with van der Waals surface area (Å²) in [7, 11) is 1.56. The summed E-state index contributed by atoms with van der Waals surface area (Å²) in [6.45, 7) is 3.27. The van der Waals surface area contributed by atoms with Crippen LogP contribution in [0.2, 0.25) is 0 Å². The van der Waals surface area contributed by atoms with Crippen molar-refractivity contribution in [3.63, 3.8) is 0 Å². The molecule has 2 unspecified atom stereocenters. The zero-order valence-electron chi connectivity index (χ0n) is 11.5. The third kappa shape index (κ3) is 3.13. The van der Waals surface area contributed by atoms with E-state index in [-0.39, 0.29) is 11.5 Å². The Morgan fingerprint density at radius 3 is 2.90 bits per heavy atom. The Bertz CT molecular complexity index is 490. The molecule has 1 N–H and O–H groups in total. The summed E-state index contributed by atoms with van der Waals surface area (Å²) in [5, 5.41) is 3.06. The monoisotopic (exact) mass is 284 g/mol. The molecule has 1 fully saturated rings. The number of ether oxygens (including phenoxy) is 1. The highest BCUT2D eigenvalue weighted by Crippen LogP contribution is 2.23. The quantitative estimate of drug-likeness (QED) is 0.914. The van der Waals surface area contributed by atoms with Gasteiger partial charge >= 0.3 is 0 Å². The number of halogens is 2. The van der Waals surface area contributed by atoms with E-state index in [0.717, 1.165) is 18.2 Å². The molecule has 0 saturated carbocycles. The molecule has 4 nitrogen and oxygen atoms in total. The standard InChI is InChI=1S/C14H18F2N2O2/c1-9(11-7-10(15)3-4-12(11)16)18(2)14(19)13-8-17-5-6-20-13/h3-4,7,9,13,17H,5-6,8H2,1-2H3. The second-order valence-corrected chi connectivity index (χ2v) is 4.85. The summed E-state index contributed by atoms with van der Waals surface area (Å²) >= 11 is 0. The molecular formula is C14H18F2N2O2. The normalized spacial score (nSPS) is 20.5. The number of benzene rings is 1. The molecule has 1 aliphatic rings. The smallest absolute Gasteiger partial charge is 0.253 e. The molecule has 1 amide bonds. The average Bonchev–Trinajstić information content (AvgIpc) is 2.48. The van der Waals surface area contributed by atoms with Crippen molar-refractivity contribution in [2.45, 2.75) is 19.1 Å². The molecule has 6 heteroatoms. The lowest BCUT2D eigenvalue weighted by Gasteiger charge is -2.31. The lowest BCUT2D eigenvalue weighted by Crippen LogP contribution is -2.48. The number of hydrogen-bond donors (Lipinski definition) is 1. The average molecular weight is 284 g/mol. The van der Waals surface area contributed by atoms with Crippen molar-refractivity contribution in [1.29, 1.82) is 0 Å². The molecule has 0 aliphatic carbocycles. The minimum atomic E-state index is -0.576. The molecule has 1 aromatic rings. The van der Waals surface area contributed by atoms with Crippen LogP contribution in [0.25, 0.3) is 0 Å². The molecule has 0 spiro atoms. The molecule has 1 aromatic carbocycles. The molecule has 110 valence electrons. The first-order chi connectivity index (χ1) is 9.50. The fraction of sp³-hybridized carbons (Fsp3) is 0.500. The second-order valence-electron chi connectivity index (χ2n) is 4.85. The van der Waals surface area contributed by atoms with Crippen molar-refractivity contribution < 1.29 is 18.3 Å². The van der Waals surface area contributed by atoms with Gasteiger partial charge in [0.05, 0.1) is 12.6 Å². The predicted octanol–water partition coefficient (Wildman–Crippen LogP) is 1.47. The first-order valence-corrected chi connectivity index (χ1v) is 6.54. The van der Waals surface area contributed by atoms with E-state index in [1.807, 2.05) is 0 Å². The van der Waals surface area contributed by atoms with Crippen molar-refractivity contribution in [3.8, 4) is 0 Å². The molecular weight excluding hydrogens is 266 g/mol. The number of morpholine rings is 1. The Balaban J connectivity index is 2.12. The number of amides is 1. The highest BCUT2D eigenvalue weighted by Gasteiger charge is 2.28. The SMILES string of the molecule is CC(c1cc(F)ccc1F)N(C)C(=O)C1CNCCO1. The van der Waals surface area contributed by atoms with Gasteiger partial charge in [0, 0.05) is 25.7 Å². The van der Waals surface area contributed by atoms with Crippen LogP contribution in [0.5, 0.6) is 0 Å². The summed E-state index contributed by atoms with van der Waals surface area (Å²) < 4.78 is 32.3. The van der Waals surface area contributed by atoms with Crippen LogP contribution >= 0.6 is 0 Å². The predicted molar refractivity (Wildman–Crippen MR) is 70.2 cm³/mol. The van der Waals surface area contributed by atoms with Crippen LogP contribution in [0.1, 0.15) is 18.5 Å². The van der Waals surface area contributed by atoms with Crippen molar-refractivity contribution >= 4 is 5.91 Å². The van der Waals surface area contributed by atoms with Gasteiger partial charge in [-0.05, 0) is 25.1 Å². The molecule has 1 heterocycles. The number of carbonyl (C=O) groups is 1. The molecule has 0 aromatic heterocycles. The lowest BCUT2D eigenvalue weighted by molar-refractivity contribution is -0.145. The van der Waals surface area contributed by atoms with Gasteiger partial charge in [0.25, 0.3) is 5.91 Å². The van der Waals surface area contributed by atoms with Crippen molar-refractivity contribution in [2.24, 2.45) is 0 Å².